The van der Waals surface area contributed by atoms with Crippen LogP contribution in [-0.2, 0) is 17.5 Å². The van der Waals surface area contributed by atoms with Crippen LogP contribution in [0, 0.1) is 0 Å². The summed E-state index contributed by atoms with van der Waals surface area (Å²) in [5.41, 5.74) is -0.525. The molecular formula is C18H14ClF3N6OS. The molecule has 1 aromatic carbocycles. The van der Waals surface area contributed by atoms with Crippen molar-refractivity contribution in [2.75, 3.05) is 11.1 Å². The van der Waals surface area contributed by atoms with Crippen molar-refractivity contribution in [1.29, 1.82) is 0 Å². The number of benzene rings is 1. The second-order valence-electron chi connectivity index (χ2n) is 5.83. The van der Waals surface area contributed by atoms with E-state index in [0.717, 1.165) is 23.9 Å². The first kappa shape index (κ1) is 21.8. The Morgan fingerprint density at radius 3 is 2.77 bits per heavy atom. The number of alkyl halides is 3. The Kier molecular flexibility index (Phi) is 6.73. The SMILES string of the molecule is C=CCn1c(SCC(=O)Nc2ccc(Cl)c(C(F)(F)F)c2)nnc1-c1cnccn1. The minimum absolute atomic E-state index is 0.00914. The molecule has 0 aliphatic heterocycles. The van der Waals surface area contributed by atoms with E-state index in [1.165, 1.54) is 24.7 Å². The van der Waals surface area contributed by atoms with Crippen LogP contribution in [0.5, 0.6) is 0 Å². The summed E-state index contributed by atoms with van der Waals surface area (Å²) in [6, 6.07) is 3.17. The summed E-state index contributed by atoms with van der Waals surface area (Å²) in [5, 5.41) is 10.6. The molecule has 0 unspecified atom stereocenters. The summed E-state index contributed by atoms with van der Waals surface area (Å²) < 4.78 is 40.6. The molecule has 2 aromatic heterocycles. The van der Waals surface area contributed by atoms with E-state index in [4.69, 9.17) is 11.6 Å². The molecule has 7 nitrogen and oxygen atoms in total. The van der Waals surface area contributed by atoms with Crippen LogP contribution in [-0.4, -0.2) is 36.4 Å². The van der Waals surface area contributed by atoms with Crippen molar-refractivity contribution in [3.8, 4) is 11.5 Å². The van der Waals surface area contributed by atoms with Gasteiger partial charge in [-0.2, -0.15) is 13.2 Å². The van der Waals surface area contributed by atoms with Crippen molar-refractivity contribution in [3.63, 3.8) is 0 Å². The van der Waals surface area contributed by atoms with Crippen molar-refractivity contribution in [2.24, 2.45) is 0 Å². The van der Waals surface area contributed by atoms with Gasteiger partial charge in [0.25, 0.3) is 0 Å². The van der Waals surface area contributed by atoms with E-state index in [2.05, 4.69) is 32.1 Å². The number of nitrogens with zero attached hydrogens (tertiary/aromatic N) is 5. The Morgan fingerprint density at radius 1 is 1.30 bits per heavy atom. The van der Waals surface area contributed by atoms with Crippen LogP contribution >= 0.6 is 23.4 Å². The largest absolute Gasteiger partial charge is 0.417 e. The minimum atomic E-state index is -4.62. The predicted octanol–water partition coefficient (Wildman–Crippen LogP) is 4.32. The number of allylic oxidation sites excluding steroid dienone is 1. The Morgan fingerprint density at radius 2 is 2.10 bits per heavy atom. The number of anilines is 1. The van der Waals surface area contributed by atoms with Gasteiger partial charge in [-0.1, -0.05) is 29.4 Å². The molecular weight excluding hydrogens is 441 g/mol. The highest BCUT2D eigenvalue weighted by Gasteiger charge is 2.33. The number of carbonyl (C=O) groups excluding carboxylic acids is 1. The third-order valence-corrected chi connectivity index (χ3v) is 5.01. The first-order valence-corrected chi connectivity index (χ1v) is 9.76. The van der Waals surface area contributed by atoms with E-state index in [9.17, 15) is 18.0 Å². The van der Waals surface area contributed by atoms with Crippen LogP contribution in [0.3, 0.4) is 0 Å². The van der Waals surface area contributed by atoms with Gasteiger partial charge >= 0.3 is 6.18 Å². The summed E-state index contributed by atoms with van der Waals surface area (Å²) in [6.45, 7) is 4.06. The van der Waals surface area contributed by atoms with Crippen molar-refractivity contribution in [2.45, 2.75) is 17.9 Å². The molecule has 1 amide bonds. The Labute approximate surface area is 178 Å². The average Bonchev–Trinajstić information content (AvgIpc) is 3.10. The van der Waals surface area contributed by atoms with Crippen molar-refractivity contribution < 1.29 is 18.0 Å². The molecule has 0 spiro atoms. The predicted molar refractivity (Wildman–Crippen MR) is 107 cm³/mol. The van der Waals surface area contributed by atoms with Crippen LogP contribution in [0.1, 0.15) is 5.56 Å². The smallest absolute Gasteiger partial charge is 0.325 e. The van der Waals surface area contributed by atoms with E-state index in [1.54, 1.807) is 10.6 Å². The molecule has 0 aliphatic carbocycles. The van der Waals surface area contributed by atoms with Gasteiger partial charge in [0, 0.05) is 24.6 Å². The number of hydrogen-bond acceptors (Lipinski definition) is 6. The molecule has 2 heterocycles. The molecule has 3 aromatic rings. The summed E-state index contributed by atoms with van der Waals surface area (Å²) in [4.78, 5) is 20.4. The van der Waals surface area contributed by atoms with Gasteiger partial charge in [-0.25, -0.2) is 4.98 Å². The zero-order valence-electron chi connectivity index (χ0n) is 15.2. The van der Waals surface area contributed by atoms with Crippen LogP contribution in [0.2, 0.25) is 5.02 Å². The second-order valence-corrected chi connectivity index (χ2v) is 7.18. The standard InChI is InChI=1S/C18H14ClF3N6OS/c1-2-7-28-16(14-9-23-5-6-24-14)26-27-17(28)30-10-15(29)25-11-3-4-13(19)12(8-11)18(20,21)22/h2-6,8-9H,1,7,10H2,(H,25,29). The van der Waals surface area contributed by atoms with Crippen LogP contribution in [0.25, 0.3) is 11.5 Å². The number of amides is 1. The van der Waals surface area contributed by atoms with Gasteiger partial charge in [-0.05, 0) is 18.2 Å². The topological polar surface area (TPSA) is 85.6 Å². The molecule has 0 aliphatic rings. The third kappa shape index (κ3) is 5.16. The van der Waals surface area contributed by atoms with E-state index >= 15 is 0 Å². The molecule has 0 saturated heterocycles. The number of carbonyl (C=O) groups is 1. The fraction of sp³-hybridized carbons (Fsp3) is 0.167. The highest BCUT2D eigenvalue weighted by molar-refractivity contribution is 7.99. The number of aromatic nitrogens is 5. The fourth-order valence-corrected chi connectivity index (χ4v) is 3.41. The Balaban J connectivity index is 1.71. The van der Waals surface area contributed by atoms with E-state index in [0.29, 0.717) is 23.2 Å². The molecule has 0 fully saturated rings. The van der Waals surface area contributed by atoms with Crippen molar-refractivity contribution in [3.05, 3.63) is 60.0 Å². The molecule has 0 radical (unpaired) electrons. The molecule has 0 saturated carbocycles. The van der Waals surface area contributed by atoms with Crippen LogP contribution in [0.4, 0.5) is 18.9 Å². The maximum absolute atomic E-state index is 13.0. The lowest BCUT2D eigenvalue weighted by Crippen LogP contribution is -2.16. The molecule has 3 rings (SSSR count). The van der Waals surface area contributed by atoms with E-state index < -0.39 is 22.7 Å². The fourth-order valence-electron chi connectivity index (χ4n) is 2.44. The van der Waals surface area contributed by atoms with Gasteiger partial charge in [0.1, 0.15) is 5.69 Å². The van der Waals surface area contributed by atoms with Gasteiger partial charge in [0.2, 0.25) is 5.91 Å². The number of nitrogens with one attached hydrogen (secondary N) is 1. The minimum Gasteiger partial charge on any atom is -0.325 e. The highest BCUT2D eigenvalue weighted by Crippen LogP contribution is 2.36. The number of halogens is 4. The highest BCUT2D eigenvalue weighted by atomic mass is 35.5. The lowest BCUT2D eigenvalue weighted by molar-refractivity contribution is -0.137. The van der Waals surface area contributed by atoms with Gasteiger partial charge < -0.3 is 5.32 Å². The Hall–Kier alpha value is -2.92. The molecule has 30 heavy (non-hydrogen) atoms. The van der Waals surface area contributed by atoms with Crippen molar-refractivity contribution in [1.82, 2.24) is 24.7 Å². The Bertz CT molecular complexity index is 1060. The third-order valence-electron chi connectivity index (χ3n) is 3.71. The molecule has 0 atom stereocenters. The first-order chi connectivity index (χ1) is 14.3. The first-order valence-electron chi connectivity index (χ1n) is 8.39. The van der Waals surface area contributed by atoms with Gasteiger partial charge in [0.05, 0.1) is 22.5 Å². The maximum Gasteiger partial charge on any atom is 0.417 e. The van der Waals surface area contributed by atoms with Gasteiger partial charge in [-0.3, -0.25) is 14.3 Å². The summed E-state index contributed by atoms with van der Waals surface area (Å²) in [7, 11) is 0. The van der Waals surface area contributed by atoms with Crippen molar-refractivity contribution >= 4 is 35.0 Å². The number of hydrogen-bond donors (Lipinski definition) is 1. The monoisotopic (exact) mass is 454 g/mol. The molecule has 12 heteroatoms. The van der Waals surface area contributed by atoms with Gasteiger partial charge in [0.15, 0.2) is 11.0 Å². The maximum atomic E-state index is 13.0. The summed E-state index contributed by atoms with van der Waals surface area (Å²) in [6.07, 6.45) is 1.59. The van der Waals surface area contributed by atoms with Gasteiger partial charge in [-0.15, -0.1) is 16.8 Å². The average molecular weight is 455 g/mol. The zero-order chi connectivity index (χ0) is 21.7. The quantitative estimate of drug-likeness (QED) is 0.422. The second kappa shape index (κ2) is 9.26. The number of thioether (sulfide) groups is 1. The molecule has 1 N–H and O–H groups in total. The van der Waals surface area contributed by atoms with Crippen LogP contribution < -0.4 is 5.32 Å². The van der Waals surface area contributed by atoms with E-state index in [-0.39, 0.29) is 11.4 Å². The normalized spacial score (nSPS) is 11.3. The zero-order valence-corrected chi connectivity index (χ0v) is 16.8. The number of rotatable bonds is 7. The summed E-state index contributed by atoms with van der Waals surface area (Å²) >= 11 is 6.66. The van der Waals surface area contributed by atoms with E-state index in [1.807, 2.05) is 0 Å². The summed E-state index contributed by atoms with van der Waals surface area (Å²) in [5.74, 6) is -0.150. The lowest BCUT2D eigenvalue weighted by Gasteiger charge is -2.12. The molecule has 156 valence electrons. The lowest BCUT2D eigenvalue weighted by atomic mass is 10.2. The van der Waals surface area contributed by atoms with Crippen LogP contribution in [0.15, 0.2) is 54.6 Å². The molecule has 0 bridgehead atoms.